The van der Waals surface area contributed by atoms with Crippen molar-refractivity contribution in [2.24, 2.45) is 5.92 Å². The van der Waals surface area contributed by atoms with E-state index in [0.717, 1.165) is 18.4 Å². The van der Waals surface area contributed by atoms with Gasteiger partial charge in [-0.2, -0.15) is 13.2 Å². The molecule has 1 aliphatic rings. The van der Waals surface area contributed by atoms with Crippen molar-refractivity contribution in [3.8, 4) is 0 Å². The number of rotatable bonds is 6. The van der Waals surface area contributed by atoms with E-state index >= 15 is 0 Å². The standard InChI is InChI=1S/C20H19F3N2O2S/c1-12(13-4-8-16(9-5-13)25-19(27)14-2-3-14)24-18(26)15-6-10-17(11-7-15)28-20(21,22)23/h4-12,14H,2-3H2,1H3,(H,24,26)(H,25,27). The molecule has 0 spiro atoms. The molecule has 1 aliphatic carbocycles. The van der Waals surface area contributed by atoms with Crippen molar-refractivity contribution in [1.29, 1.82) is 0 Å². The molecule has 1 fully saturated rings. The normalized spacial score (nSPS) is 15.0. The van der Waals surface area contributed by atoms with Crippen LogP contribution < -0.4 is 10.6 Å². The van der Waals surface area contributed by atoms with E-state index < -0.39 is 5.51 Å². The lowest BCUT2D eigenvalue weighted by Crippen LogP contribution is -2.26. The summed E-state index contributed by atoms with van der Waals surface area (Å²) in [5.41, 5.74) is -2.52. The van der Waals surface area contributed by atoms with E-state index in [1.165, 1.54) is 24.3 Å². The topological polar surface area (TPSA) is 58.2 Å². The number of hydrogen-bond donors (Lipinski definition) is 2. The molecule has 1 unspecified atom stereocenters. The van der Waals surface area contributed by atoms with E-state index in [9.17, 15) is 22.8 Å². The summed E-state index contributed by atoms with van der Waals surface area (Å²) < 4.78 is 37.1. The number of anilines is 1. The van der Waals surface area contributed by atoms with E-state index in [1.54, 1.807) is 12.1 Å². The van der Waals surface area contributed by atoms with Crippen LogP contribution in [0.15, 0.2) is 53.4 Å². The average Bonchev–Trinajstić information content (AvgIpc) is 3.46. The van der Waals surface area contributed by atoms with Crippen molar-refractivity contribution < 1.29 is 22.8 Å². The summed E-state index contributed by atoms with van der Waals surface area (Å²) in [5, 5.41) is 5.66. The summed E-state index contributed by atoms with van der Waals surface area (Å²) in [6.07, 6.45) is 1.87. The molecule has 0 bridgehead atoms. The second kappa shape index (κ2) is 8.26. The minimum atomic E-state index is -4.36. The summed E-state index contributed by atoms with van der Waals surface area (Å²) in [4.78, 5) is 24.1. The first-order chi connectivity index (χ1) is 13.2. The summed E-state index contributed by atoms with van der Waals surface area (Å²) in [6, 6.07) is 12.2. The number of nitrogens with one attached hydrogen (secondary N) is 2. The Bertz CT molecular complexity index is 847. The molecule has 1 saturated carbocycles. The molecule has 0 saturated heterocycles. The minimum absolute atomic E-state index is 0.0286. The van der Waals surface area contributed by atoms with E-state index in [0.29, 0.717) is 5.69 Å². The van der Waals surface area contributed by atoms with Gasteiger partial charge in [0.05, 0.1) is 6.04 Å². The molecule has 148 valence electrons. The number of amides is 2. The Morgan fingerprint density at radius 3 is 2.18 bits per heavy atom. The van der Waals surface area contributed by atoms with Crippen LogP contribution in [0.2, 0.25) is 0 Å². The molecule has 2 aromatic rings. The summed E-state index contributed by atoms with van der Waals surface area (Å²) in [5.74, 6) is -0.220. The molecule has 1 atom stereocenters. The van der Waals surface area contributed by atoms with Crippen LogP contribution >= 0.6 is 11.8 Å². The highest BCUT2D eigenvalue weighted by Gasteiger charge is 2.30. The van der Waals surface area contributed by atoms with E-state index in [-0.39, 0.29) is 46.0 Å². The molecule has 3 rings (SSSR count). The third-order valence-corrected chi connectivity index (χ3v) is 5.06. The molecule has 0 heterocycles. The molecule has 0 radical (unpaired) electrons. The number of hydrogen-bond acceptors (Lipinski definition) is 3. The van der Waals surface area contributed by atoms with E-state index in [2.05, 4.69) is 10.6 Å². The SMILES string of the molecule is CC(NC(=O)c1ccc(SC(F)(F)F)cc1)c1ccc(NC(=O)C2CC2)cc1. The summed E-state index contributed by atoms with van der Waals surface area (Å²) in [7, 11) is 0. The van der Waals surface area contributed by atoms with Gasteiger partial charge in [0.1, 0.15) is 0 Å². The van der Waals surface area contributed by atoms with Gasteiger partial charge in [0.2, 0.25) is 5.91 Å². The smallest absolute Gasteiger partial charge is 0.346 e. The Morgan fingerprint density at radius 1 is 1.04 bits per heavy atom. The van der Waals surface area contributed by atoms with Gasteiger partial charge < -0.3 is 10.6 Å². The highest BCUT2D eigenvalue weighted by molar-refractivity contribution is 8.00. The Kier molecular flexibility index (Phi) is 5.98. The van der Waals surface area contributed by atoms with Crippen molar-refractivity contribution in [3.05, 3.63) is 59.7 Å². The lowest BCUT2D eigenvalue weighted by atomic mass is 10.1. The zero-order valence-electron chi connectivity index (χ0n) is 15.0. The van der Waals surface area contributed by atoms with Gasteiger partial charge in [0, 0.05) is 22.1 Å². The van der Waals surface area contributed by atoms with Gasteiger partial charge in [0.15, 0.2) is 0 Å². The van der Waals surface area contributed by atoms with Crippen molar-refractivity contribution in [2.45, 2.75) is 36.2 Å². The fraction of sp³-hybridized carbons (Fsp3) is 0.300. The predicted molar refractivity (Wildman–Crippen MR) is 102 cm³/mol. The maximum absolute atomic E-state index is 12.4. The summed E-state index contributed by atoms with van der Waals surface area (Å²) in [6.45, 7) is 1.81. The fourth-order valence-electron chi connectivity index (χ4n) is 2.62. The maximum Gasteiger partial charge on any atom is 0.446 e. The van der Waals surface area contributed by atoms with Crippen molar-refractivity contribution in [2.75, 3.05) is 5.32 Å². The first kappa shape index (κ1) is 20.3. The van der Waals surface area contributed by atoms with Crippen LogP contribution in [0, 0.1) is 5.92 Å². The van der Waals surface area contributed by atoms with Crippen LogP contribution in [0.25, 0.3) is 0 Å². The largest absolute Gasteiger partial charge is 0.446 e. The second-order valence-electron chi connectivity index (χ2n) is 6.65. The fourth-order valence-corrected chi connectivity index (χ4v) is 3.16. The van der Waals surface area contributed by atoms with Crippen LogP contribution in [0.3, 0.4) is 0 Å². The summed E-state index contributed by atoms with van der Waals surface area (Å²) >= 11 is -0.219. The van der Waals surface area contributed by atoms with Crippen LogP contribution in [0.5, 0.6) is 0 Å². The Morgan fingerprint density at radius 2 is 1.64 bits per heavy atom. The molecule has 4 nitrogen and oxygen atoms in total. The number of carbonyl (C=O) groups is 2. The highest BCUT2D eigenvalue weighted by atomic mass is 32.2. The molecule has 2 amide bonds. The first-order valence-electron chi connectivity index (χ1n) is 8.79. The van der Waals surface area contributed by atoms with Crippen LogP contribution in [-0.2, 0) is 4.79 Å². The van der Waals surface area contributed by atoms with Crippen molar-refractivity contribution in [1.82, 2.24) is 5.32 Å². The monoisotopic (exact) mass is 408 g/mol. The van der Waals surface area contributed by atoms with Crippen LogP contribution in [0.4, 0.5) is 18.9 Å². The third kappa shape index (κ3) is 5.76. The molecule has 2 N–H and O–H groups in total. The quantitative estimate of drug-likeness (QED) is 0.651. The first-order valence-corrected chi connectivity index (χ1v) is 9.60. The molecule has 0 aromatic heterocycles. The zero-order chi connectivity index (χ0) is 20.3. The lowest BCUT2D eigenvalue weighted by molar-refractivity contribution is -0.117. The van der Waals surface area contributed by atoms with E-state index in [4.69, 9.17) is 0 Å². The third-order valence-electron chi connectivity index (χ3n) is 4.32. The Hall–Kier alpha value is -2.48. The van der Waals surface area contributed by atoms with Gasteiger partial charge in [-0.1, -0.05) is 12.1 Å². The van der Waals surface area contributed by atoms with Gasteiger partial charge in [-0.3, -0.25) is 9.59 Å². The van der Waals surface area contributed by atoms with Crippen LogP contribution in [-0.4, -0.2) is 17.3 Å². The predicted octanol–water partition coefficient (Wildman–Crippen LogP) is 5.14. The van der Waals surface area contributed by atoms with Gasteiger partial charge >= 0.3 is 5.51 Å². The minimum Gasteiger partial charge on any atom is -0.346 e. The number of benzene rings is 2. The number of halogens is 3. The van der Waals surface area contributed by atoms with Gasteiger partial charge in [-0.05, 0) is 73.5 Å². The van der Waals surface area contributed by atoms with Crippen molar-refractivity contribution in [3.63, 3.8) is 0 Å². The van der Waals surface area contributed by atoms with Gasteiger partial charge in [-0.15, -0.1) is 0 Å². The van der Waals surface area contributed by atoms with E-state index in [1.807, 2.05) is 19.1 Å². The molecule has 28 heavy (non-hydrogen) atoms. The number of thioether (sulfide) groups is 1. The molecule has 0 aliphatic heterocycles. The highest BCUT2D eigenvalue weighted by Crippen LogP contribution is 2.36. The molecule has 2 aromatic carbocycles. The lowest BCUT2D eigenvalue weighted by Gasteiger charge is -2.15. The second-order valence-corrected chi connectivity index (χ2v) is 7.79. The Balaban J connectivity index is 1.56. The average molecular weight is 408 g/mol. The Labute approximate surface area is 164 Å². The number of alkyl halides is 3. The van der Waals surface area contributed by atoms with Gasteiger partial charge in [-0.25, -0.2) is 0 Å². The van der Waals surface area contributed by atoms with Crippen LogP contribution in [0.1, 0.15) is 41.7 Å². The molecule has 8 heteroatoms. The zero-order valence-corrected chi connectivity index (χ0v) is 15.9. The molecular formula is C20H19F3N2O2S. The van der Waals surface area contributed by atoms with Gasteiger partial charge in [0.25, 0.3) is 5.91 Å². The number of carbonyl (C=O) groups excluding carboxylic acids is 2. The maximum atomic E-state index is 12.4. The molecular weight excluding hydrogens is 389 g/mol. The van der Waals surface area contributed by atoms with Crippen molar-refractivity contribution >= 4 is 29.3 Å².